The van der Waals surface area contributed by atoms with Gasteiger partial charge in [-0.3, -0.25) is 9.88 Å². The van der Waals surface area contributed by atoms with Crippen LogP contribution in [0.15, 0.2) is 54.9 Å². The molecule has 30 heavy (non-hydrogen) atoms. The highest BCUT2D eigenvalue weighted by atomic mass is 19.3. The summed E-state index contributed by atoms with van der Waals surface area (Å²) in [6, 6.07) is 13.0. The zero-order valence-corrected chi connectivity index (χ0v) is 16.5. The number of pyridine rings is 1. The Balaban J connectivity index is 1.49. The van der Waals surface area contributed by atoms with E-state index >= 15 is 0 Å². The van der Waals surface area contributed by atoms with E-state index in [0.29, 0.717) is 18.7 Å². The van der Waals surface area contributed by atoms with Crippen LogP contribution in [0.4, 0.5) is 8.78 Å². The van der Waals surface area contributed by atoms with E-state index in [1.165, 1.54) is 6.20 Å². The monoisotopic (exact) mass is 414 g/mol. The molecular weight excluding hydrogens is 390 g/mol. The summed E-state index contributed by atoms with van der Waals surface area (Å²) in [5.41, 5.74) is 1.68. The molecular formula is C23H24F2N2O3. The van der Waals surface area contributed by atoms with Crippen LogP contribution in [0.3, 0.4) is 0 Å². The second kappa shape index (κ2) is 8.53. The number of aliphatic hydroxyl groups excluding tert-OH is 1. The van der Waals surface area contributed by atoms with E-state index < -0.39 is 12.0 Å². The fourth-order valence-corrected chi connectivity index (χ4v) is 3.96. The summed E-state index contributed by atoms with van der Waals surface area (Å²) in [5.74, 6) is -2.00. The maximum absolute atomic E-state index is 13.6. The number of hydrogen-bond acceptors (Lipinski definition) is 5. The van der Waals surface area contributed by atoms with Gasteiger partial charge in [0, 0.05) is 30.1 Å². The number of aromatic nitrogens is 1. The first kappa shape index (κ1) is 20.5. The number of β-amino-alcohol motifs (C(OH)–C–C–N with tert-alkyl or cyclic N) is 1. The molecule has 7 heteroatoms. The minimum absolute atomic E-state index is 0.0130. The van der Waals surface area contributed by atoms with Crippen molar-refractivity contribution in [1.29, 1.82) is 0 Å². The molecule has 158 valence electrons. The molecule has 5 nitrogen and oxygen atoms in total. The van der Waals surface area contributed by atoms with Gasteiger partial charge in [0.1, 0.15) is 24.2 Å². The molecule has 1 fully saturated rings. The molecule has 0 amide bonds. The van der Waals surface area contributed by atoms with Gasteiger partial charge in [-0.05, 0) is 42.1 Å². The third kappa shape index (κ3) is 4.68. The number of ether oxygens (including phenoxy) is 1. The molecule has 1 unspecified atom stereocenters. The van der Waals surface area contributed by atoms with Gasteiger partial charge in [-0.25, -0.2) is 8.78 Å². The molecule has 1 aliphatic heterocycles. The number of rotatable bonds is 6. The largest absolute Gasteiger partial charge is 0.506 e. The van der Waals surface area contributed by atoms with Crippen LogP contribution in [0.5, 0.6) is 11.5 Å². The van der Waals surface area contributed by atoms with Crippen LogP contribution in [0.2, 0.25) is 0 Å². The van der Waals surface area contributed by atoms with E-state index in [1.807, 2.05) is 36.4 Å². The van der Waals surface area contributed by atoms with E-state index in [4.69, 9.17) is 4.74 Å². The van der Waals surface area contributed by atoms with Crippen LogP contribution in [-0.4, -0.2) is 58.4 Å². The molecule has 0 bridgehead atoms. The Kier molecular flexibility index (Phi) is 5.83. The van der Waals surface area contributed by atoms with Crippen LogP contribution in [0, 0.1) is 0 Å². The van der Waals surface area contributed by atoms with E-state index in [2.05, 4.69) is 4.98 Å². The zero-order valence-electron chi connectivity index (χ0n) is 16.5. The summed E-state index contributed by atoms with van der Waals surface area (Å²) in [7, 11) is 0. The Labute approximate surface area is 173 Å². The fraction of sp³-hybridized carbons (Fsp3) is 0.348. The van der Waals surface area contributed by atoms with Gasteiger partial charge in [0.15, 0.2) is 0 Å². The third-order valence-electron chi connectivity index (χ3n) is 5.29. The van der Waals surface area contributed by atoms with Crippen LogP contribution in [-0.2, 0) is 0 Å². The molecule has 1 atom stereocenters. The van der Waals surface area contributed by atoms with Gasteiger partial charge in [0.25, 0.3) is 5.92 Å². The lowest BCUT2D eigenvalue weighted by atomic mass is 9.98. The first-order valence-corrected chi connectivity index (χ1v) is 9.98. The topological polar surface area (TPSA) is 65.8 Å². The van der Waals surface area contributed by atoms with E-state index in [-0.39, 0.29) is 31.9 Å². The van der Waals surface area contributed by atoms with Gasteiger partial charge in [-0.15, -0.1) is 0 Å². The molecule has 2 heterocycles. The molecule has 0 saturated carbocycles. The lowest BCUT2D eigenvalue weighted by molar-refractivity contribution is -0.0736. The average molecular weight is 414 g/mol. The number of aliphatic hydroxyl groups is 1. The summed E-state index contributed by atoms with van der Waals surface area (Å²) in [5, 5.41) is 21.8. The van der Waals surface area contributed by atoms with Crippen molar-refractivity contribution < 1.29 is 23.7 Å². The zero-order chi connectivity index (χ0) is 21.1. The van der Waals surface area contributed by atoms with E-state index in [9.17, 15) is 19.0 Å². The Morgan fingerprint density at radius 3 is 2.70 bits per heavy atom. The molecule has 0 aliphatic carbocycles. The molecule has 1 aromatic heterocycles. The van der Waals surface area contributed by atoms with Crippen molar-refractivity contribution in [2.75, 3.05) is 26.2 Å². The first-order chi connectivity index (χ1) is 14.4. The van der Waals surface area contributed by atoms with Gasteiger partial charge in [0.2, 0.25) is 0 Å². The number of benzene rings is 2. The van der Waals surface area contributed by atoms with Gasteiger partial charge in [0.05, 0.1) is 12.7 Å². The van der Waals surface area contributed by atoms with Gasteiger partial charge in [-0.2, -0.15) is 0 Å². The molecule has 1 saturated heterocycles. The first-order valence-electron chi connectivity index (χ1n) is 9.98. The summed E-state index contributed by atoms with van der Waals surface area (Å²) in [6.07, 6.45) is 2.52. The summed E-state index contributed by atoms with van der Waals surface area (Å²) in [4.78, 5) is 5.63. The van der Waals surface area contributed by atoms with Crippen molar-refractivity contribution >= 4 is 10.8 Å². The molecule has 0 radical (unpaired) electrons. The molecule has 1 aliphatic rings. The standard InChI is InChI=1S/C23H24F2N2O3/c24-23(25)8-3-9-27(15-23)13-18(29)14-30-22-7-6-19(16-10-17(28)12-26-11-16)20-4-1-2-5-21(20)22/h1-2,4-7,10-12,18,28-29H,3,8-9,13-15H2. The number of aromatic hydroxyl groups is 1. The summed E-state index contributed by atoms with van der Waals surface area (Å²) >= 11 is 0. The highest BCUT2D eigenvalue weighted by Crippen LogP contribution is 2.35. The summed E-state index contributed by atoms with van der Waals surface area (Å²) < 4.78 is 33.0. The normalized spacial score (nSPS) is 17.7. The Hall–Kier alpha value is -2.77. The predicted molar refractivity (Wildman–Crippen MR) is 111 cm³/mol. The van der Waals surface area contributed by atoms with E-state index in [1.54, 1.807) is 17.2 Å². The number of alkyl halides is 2. The fourth-order valence-electron chi connectivity index (χ4n) is 3.96. The second-order valence-electron chi connectivity index (χ2n) is 7.75. The lowest BCUT2D eigenvalue weighted by Crippen LogP contribution is -2.46. The number of piperidine rings is 1. The molecule has 0 spiro atoms. The quantitative estimate of drug-likeness (QED) is 0.636. The Morgan fingerprint density at radius 1 is 1.13 bits per heavy atom. The maximum atomic E-state index is 13.6. The van der Waals surface area contributed by atoms with E-state index in [0.717, 1.165) is 21.9 Å². The third-order valence-corrected chi connectivity index (χ3v) is 5.29. The summed E-state index contributed by atoms with van der Waals surface area (Å²) in [6.45, 7) is 0.404. The van der Waals surface area contributed by atoms with Gasteiger partial charge < -0.3 is 14.9 Å². The Morgan fingerprint density at radius 2 is 1.93 bits per heavy atom. The highest BCUT2D eigenvalue weighted by molar-refractivity contribution is 6.00. The minimum Gasteiger partial charge on any atom is -0.506 e. The average Bonchev–Trinajstić information content (AvgIpc) is 2.71. The van der Waals surface area contributed by atoms with Crippen molar-refractivity contribution in [3.05, 3.63) is 54.9 Å². The van der Waals surface area contributed by atoms with Gasteiger partial charge in [-0.1, -0.05) is 24.3 Å². The molecule has 4 rings (SSSR count). The number of fused-ring (bicyclic) bond motifs is 1. The SMILES string of the molecule is Oc1cncc(-c2ccc(OCC(O)CN3CCCC(F)(F)C3)c3ccccc23)c1. The number of halogens is 2. The van der Waals surface area contributed by atoms with Crippen LogP contribution >= 0.6 is 0 Å². The van der Waals surface area contributed by atoms with Crippen molar-refractivity contribution in [3.63, 3.8) is 0 Å². The number of likely N-dealkylation sites (tertiary alicyclic amines) is 1. The molecule has 3 aromatic rings. The Bertz CT molecular complexity index is 1030. The van der Waals surface area contributed by atoms with Crippen LogP contribution in [0.25, 0.3) is 21.9 Å². The minimum atomic E-state index is -2.69. The maximum Gasteiger partial charge on any atom is 0.260 e. The lowest BCUT2D eigenvalue weighted by Gasteiger charge is -2.33. The number of nitrogens with zero attached hydrogens (tertiary/aromatic N) is 2. The molecule has 2 N–H and O–H groups in total. The predicted octanol–water partition coefficient (Wildman–Crippen LogP) is 4.08. The van der Waals surface area contributed by atoms with Crippen molar-refractivity contribution in [3.8, 4) is 22.6 Å². The highest BCUT2D eigenvalue weighted by Gasteiger charge is 2.35. The number of hydrogen-bond donors (Lipinski definition) is 2. The van der Waals surface area contributed by atoms with Gasteiger partial charge >= 0.3 is 0 Å². The van der Waals surface area contributed by atoms with Crippen molar-refractivity contribution in [2.24, 2.45) is 0 Å². The molecule has 2 aromatic carbocycles. The van der Waals surface area contributed by atoms with Crippen LogP contribution in [0.1, 0.15) is 12.8 Å². The van der Waals surface area contributed by atoms with Crippen molar-refractivity contribution in [1.82, 2.24) is 9.88 Å². The smallest absolute Gasteiger partial charge is 0.260 e. The van der Waals surface area contributed by atoms with Crippen molar-refractivity contribution in [2.45, 2.75) is 24.9 Å². The second-order valence-corrected chi connectivity index (χ2v) is 7.75. The van der Waals surface area contributed by atoms with Crippen LogP contribution < -0.4 is 4.74 Å².